The van der Waals surface area contributed by atoms with Gasteiger partial charge in [-0.15, -0.1) is 0 Å². The molecule has 8 heteroatoms. The zero-order chi connectivity index (χ0) is 22.3. The smallest absolute Gasteiger partial charge is 0.339 e. The van der Waals surface area contributed by atoms with Crippen LogP contribution in [0.15, 0.2) is 48.1 Å². The second kappa shape index (κ2) is 9.69. The fourth-order valence-corrected chi connectivity index (χ4v) is 2.78. The lowest BCUT2D eigenvalue weighted by Gasteiger charge is -2.24. The largest absolute Gasteiger partial charge is 0.492 e. The van der Waals surface area contributed by atoms with Crippen molar-refractivity contribution in [1.82, 2.24) is 10.3 Å². The molecule has 0 spiro atoms. The number of nitrogens with two attached hydrogens (primary N) is 1. The zero-order valence-corrected chi connectivity index (χ0v) is 17.3. The summed E-state index contributed by atoms with van der Waals surface area (Å²) in [6, 6.07) is 5.15. The number of carbonyl (C=O) groups excluding carboxylic acids is 1. The van der Waals surface area contributed by atoms with Crippen LogP contribution in [0.5, 0.6) is 5.75 Å². The van der Waals surface area contributed by atoms with Gasteiger partial charge in [0.2, 0.25) is 5.91 Å². The van der Waals surface area contributed by atoms with Crippen LogP contribution in [0, 0.1) is 12.3 Å². The minimum Gasteiger partial charge on any atom is -0.492 e. The molecule has 8 nitrogen and oxygen atoms in total. The van der Waals surface area contributed by atoms with Crippen LogP contribution >= 0.6 is 0 Å². The number of allylic oxidation sites excluding steroid dienone is 1. The van der Waals surface area contributed by atoms with Gasteiger partial charge >= 0.3 is 5.97 Å². The van der Waals surface area contributed by atoms with Crippen molar-refractivity contribution in [3.63, 3.8) is 0 Å². The van der Waals surface area contributed by atoms with E-state index in [4.69, 9.17) is 10.5 Å². The highest BCUT2D eigenvalue weighted by atomic mass is 16.5. The van der Waals surface area contributed by atoms with Gasteiger partial charge in [-0.1, -0.05) is 18.7 Å². The van der Waals surface area contributed by atoms with Gasteiger partial charge < -0.3 is 20.9 Å². The van der Waals surface area contributed by atoms with Crippen LogP contribution in [0.1, 0.15) is 29.9 Å². The summed E-state index contributed by atoms with van der Waals surface area (Å²) in [5, 5.41) is 12.7. The third-order valence-corrected chi connectivity index (χ3v) is 4.40. The van der Waals surface area contributed by atoms with Crippen molar-refractivity contribution in [1.29, 1.82) is 0 Å². The number of nitrogens with one attached hydrogen (secondary N) is 1. The van der Waals surface area contributed by atoms with Crippen molar-refractivity contribution in [2.45, 2.75) is 20.8 Å². The summed E-state index contributed by atoms with van der Waals surface area (Å²) >= 11 is 0. The van der Waals surface area contributed by atoms with E-state index in [-0.39, 0.29) is 23.8 Å². The number of carbonyl (C=O) groups is 2. The standard InChI is InChI=1S/C22H26N4O4/c1-5-24-11-6-7-12-25-21(29)22(3,4)13-30-16-10-8-9-15-18(16)19(23)17(20(27)28)14(2)26-15/h5-11H,1,12-13H2,2-4H3,(H2,23,26)(H,25,29)(H,27,28)/b7-6+,24-11-. The molecule has 0 saturated heterocycles. The lowest BCUT2D eigenvalue weighted by atomic mass is 9.93. The summed E-state index contributed by atoms with van der Waals surface area (Å²) in [5.74, 6) is -0.970. The number of anilines is 1. The molecule has 0 unspecified atom stereocenters. The number of aryl methyl sites for hydroxylation is 1. The lowest BCUT2D eigenvalue weighted by Crippen LogP contribution is -2.40. The van der Waals surface area contributed by atoms with Crippen molar-refractivity contribution in [3.8, 4) is 5.75 Å². The highest BCUT2D eigenvalue weighted by molar-refractivity contribution is 6.06. The molecule has 0 bridgehead atoms. The molecule has 0 fully saturated rings. The van der Waals surface area contributed by atoms with E-state index in [0.29, 0.717) is 28.9 Å². The van der Waals surface area contributed by atoms with Crippen LogP contribution in [0.3, 0.4) is 0 Å². The number of nitrogens with zero attached hydrogens (tertiary/aromatic N) is 2. The predicted molar refractivity (Wildman–Crippen MR) is 118 cm³/mol. The molecule has 0 aliphatic heterocycles. The maximum atomic E-state index is 12.5. The Balaban J connectivity index is 2.18. The fraction of sp³-hybridized carbons (Fsp3) is 0.273. The number of aromatic carboxylic acids is 1. The molecular formula is C22H26N4O4. The molecule has 2 aromatic rings. The molecule has 1 aromatic carbocycles. The first kappa shape index (κ1) is 22.6. The fourth-order valence-electron chi connectivity index (χ4n) is 2.78. The lowest BCUT2D eigenvalue weighted by molar-refractivity contribution is -0.130. The van der Waals surface area contributed by atoms with Crippen molar-refractivity contribution in [3.05, 3.63) is 54.4 Å². The van der Waals surface area contributed by atoms with Crippen LogP contribution in [-0.4, -0.2) is 41.3 Å². The second-order valence-corrected chi connectivity index (χ2v) is 7.23. The van der Waals surface area contributed by atoms with E-state index < -0.39 is 11.4 Å². The molecule has 1 heterocycles. The molecular weight excluding hydrogens is 384 g/mol. The number of benzene rings is 1. The number of carboxylic acid groups (broad SMARTS) is 1. The number of aromatic nitrogens is 1. The highest BCUT2D eigenvalue weighted by Gasteiger charge is 2.29. The summed E-state index contributed by atoms with van der Waals surface area (Å²) in [7, 11) is 0. The number of amides is 1. The second-order valence-electron chi connectivity index (χ2n) is 7.23. The van der Waals surface area contributed by atoms with Gasteiger partial charge in [-0.25, -0.2) is 4.79 Å². The highest BCUT2D eigenvalue weighted by Crippen LogP contribution is 2.34. The predicted octanol–water partition coefficient (Wildman–Crippen LogP) is 3.12. The van der Waals surface area contributed by atoms with Crippen molar-refractivity contribution in [2.24, 2.45) is 10.4 Å². The average Bonchev–Trinajstić information content (AvgIpc) is 2.68. The van der Waals surface area contributed by atoms with Gasteiger partial charge in [-0.05, 0) is 39.0 Å². The molecule has 0 saturated carbocycles. The Labute approximate surface area is 175 Å². The van der Waals surface area contributed by atoms with E-state index in [9.17, 15) is 14.7 Å². The topological polar surface area (TPSA) is 127 Å². The molecule has 0 atom stereocenters. The van der Waals surface area contributed by atoms with Gasteiger partial charge in [-0.3, -0.25) is 14.8 Å². The number of hydrogen-bond donors (Lipinski definition) is 3. The Bertz CT molecular complexity index is 1030. The third kappa shape index (κ3) is 5.22. The number of hydrogen-bond acceptors (Lipinski definition) is 6. The van der Waals surface area contributed by atoms with E-state index >= 15 is 0 Å². The SMILES string of the molecule is C=C/N=C\C=C\CNC(=O)C(C)(C)COc1cccc2nc(C)c(C(=O)O)c(N)c12. The van der Waals surface area contributed by atoms with E-state index in [2.05, 4.69) is 21.9 Å². The molecule has 0 radical (unpaired) electrons. The number of nitrogen functional groups attached to an aromatic ring is 1. The molecule has 1 aromatic heterocycles. The number of carboxylic acids is 1. The summed E-state index contributed by atoms with van der Waals surface area (Å²) in [6.45, 7) is 8.98. The van der Waals surface area contributed by atoms with E-state index in [1.807, 2.05) is 0 Å². The normalized spacial score (nSPS) is 11.8. The zero-order valence-electron chi connectivity index (χ0n) is 17.3. The maximum Gasteiger partial charge on any atom is 0.339 e. The van der Waals surface area contributed by atoms with Gasteiger partial charge in [0, 0.05) is 19.0 Å². The van der Waals surface area contributed by atoms with Crippen molar-refractivity contribution >= 4 is 34.7 Å². The Morgan fingerprint density at radius 3 is 2.80 bits per heavy atom. The average molecular weight is 410 g/mol. The van der Waals surface area contributed by atoms with Crippen molar-refractivity contribution in [2.75, 3.05) is 18.9 Å². The molecule has 0 aliphatic carbocycles. The Morgan fingerprint density at radius 1 is 1.40 bits per heavy atom. The number of ether oxygens (including phenoxy) is 1. The van der Waals surface area contributed by atoms with E-state index in [0.717, 1.165) is 0 Å². The minimum atomic E-state index is -1.15. The van der Waals surface area contributed by atoms with Crippen LogP contribution in [0.25, 0.3) is 10.9 Å². The maximum absolute atomic E-state index is 12.5. The first-order chi connectivity index (χ1) is 14.2. The summed E-state index contributed by atoms with van der Waals surface area (Å²) in [5.41, 5.74) is 6.19. The van der Waals surface area contributed by atoms with Crippen LogP contribution < -0.4 is 15.8 Å². The van der Waals surface area contributed by atoms with Gasteiger partial charge in [0.25, 0.3) is 0 Å². The first-order valence-corrected chi connectivity index (χ1v) is 9.31. The molecule has 2 rings (SSSR count). The summed E-state index contributed by atoms with van der Waals surface area (Å²) in [4.78, 5) is 32.2. The Kier molecular flexibility index (Phi) is 7.30. The van der Waals surface area contributed by atoms with Gasteiger partial charge in [0.1, 0.15) is 17.9 Å². The summed E-state index contributed by atoms with van der Waals surface area (Å²) in [6.07, 6.45) is 6.45. The first-order valence-electron chi connectivity index (χ1n) is 9.31. The molecule has 1 amide bonds. The van der Waals surface area contributed by atoms with E-state index in [1.165, 1.54) is 6.20 Å². The summed E-state index contributed by atoms with van der Waals surface area (Å²) < 4.78 is 5.90. The Morgan fingerprint density at radius 2 is 2.13 bits per heavy atom. The number of aliphatic imine (C=N–C) groups is 1. The van der Waals surface area contributed by atoms with Gasteiger partial charge in [0.05, 0.1) is 27.7 Å². The minimum absolute atomic E-state index is 0.0534. The van der Waals surface area contributed by atoms with E-state index in [1.54, 1.807) is 57.3 Å². The Hall–Kier alpha value is -3.68. The number of fused-ring (bicyclic) bond motifs is 1. The molecule has 0 aliphatic rings. The quantitative estimate of drug-likeness (QED) is 0.545. The number of rotatable bonds is 9. The van der Waals surface area contributed by atoms with Gasteiger partial charge in [-0.2, -0.15) is 0 Å². The van der Waals surface area contributed by atoms with Crippen LogP contribution in [-0.2, 0) is 4.79 Å². The van der Waals surface area contributed by atoms with Crippen LogP contribution in [0.2, 0.25) is 0 Å². The molecule has 4 N–H and O–H groups in total. The molecule has 158 valence electrons. The number of pyridine rings is 1. The van der Waals surface area contributed by atoms with Crippen molar-refractivity contribution < 1.29 is 19.4 Å². The monoisotopic (exact) mass is 410 g/mol. The van der Waals surface area contributed by atoms with Crippen LogP contribution in [0.4, 0.5) is 5.69 Å². The van der Waals surface area contributed by atoms with Gasteiger partial charge in [0.15, 0.2) is 0 Å². The third-order valence-electron chi connectivity index (χ3n) is 4.40. The molecule has 30 heavy (non-hydrogen) atoms.